The second kappa shape index (κ2) is 6.34. The molecule has 1 aromatic heterocycles. The third kappa shape index (κ3) is 3.80. The molecule has 0 aliphatic heterocycles. The Labute approximate surface area is 114 Å². The second-order valence-electron chi connectivity index (χ2n) is 4.71. The summed E-state index contributed by atoms with van der Waals surface area (Å²) in [5.41, 5.74) is 9.95. The maximum absolute atomic E-state index is 5.87. The van der Waals surface area contributed by atoms with Crippen LogP contribution in [0.4, 0.5) is 0 Å². The van der Waals surface area contributed by atoms with Gasteiger partial charge in [0.05, 0.1) is 5.69 Å². The van der Waals surface area contributed by atoms with E-state index in [0.29, 0.717) is 13.2 Å². The van der Waals surface area contributed by atoms with E-state index in [4.69, 9.17) is 10.5 Å². The molecule has 3 heteroatoms. The van der Waals surface area contributed by atoms with Gasteiger partial charge in [-0.3, -0.25) is 4.98 Å². The Balaban J connectivity index is 2.10. The molecule has 100 valence electrons. The van der Waals surface area contributed by atoms with E-state index in [-0.39, 0.29) is 0 Å². The SMILES string of the molecule is Cc1cccc(COc2ccc(C)nc2CCN)c1. The molecule has 2 aromatic rings. The first kappa shape index (κ1) is 13.6. The highest BCUT2D eigenvalue weighted by molar-refractivity contribution is 5.30. The van der Waals surface area contributed by atoms with Crippen LogP contribution in [0.1, 0.15) is 22.5 Å². The molecule has 0 amide bonds. The second-order valence-corrected chi connectivity index (χ2v) is 4.71. The van der Waals surface area contributed by atoms with E-state index in [2.05, 4.69) is 30.1 Å². The monoisotopic (exact) mass is 256 g/mol. The molecular formula is C16H20N2O. The molecular weight excluding hydrogens is 236 g/mol. The van der Waals surface area contributed by atoms with E-state index in [1.165, 1.54) is 11.1 Å². The highest BCUT2D eigenvalue weighted by Gasteiger charge is 2.05. The van der Waals surface area contributed by atoms with Crippen LogP contribution >= 0.6 is 0 Å². The average Bonchev–Trinajstić information content (AvgIpc) is 2.38. The minimum absolute atomic E-state index is 0.560. The van der Waals surface area contributed by atoms with Crippen LogP contribution in [0.15, 0.2) is 36.4 Å². The first-order valence-corrected chi connectivity index (χ1v) is 6.54. The van der Waals surface area contributed by atoms with E-state index in [0.717, 1.165) is 23.6 Å². The third-order valence-corrected chi connectivity index (χ3v) is 2.93. The highest BCUT2D eigenvalue weighted by Crippen LogP contribution is 2.19. The van der Waals surface area contributed by atoms with Gasteiger partial charge in [0.15, 0.2) is 0 Å². The van der Waals surface area contributed by atoms with Crippen molar-refractivity contribution in [3.8, 4) is 5.75 Å². The van der Waals surface area contributed by atoms with Crippen LogP contribution in [0.25, 0.3) is 0 Å². The summed E-state index contributed by atoms with van der Waals surface area (Å²) in [4.78, 5) is 4.49. The van der Waals surface area contributed by atoms with Crippen LogP contribution in [0, 0.1) is 13.8 Å². The van der Waals surface area contributed by atoms with Crippen molar-refractivity contribution in [2.24, 2.45) is 5.73 Å². The quantitative estimate of drug-likeness (QED) is 0.895. The fourth-order valence-electron chi connectivity index (χ4n) is 2.01. The Bertz CT molecular complexity index is 552. The number of pyridine rings is 1. The molecule has 0 saturated carbocycles. The topological polar surface area (TPSA) is 48.1 Å². The summed E-state index contributed by atoms with van der Waals surface area (Å²) in [6.07, 6.45) is 0.741. The number of nitrogens with zero attached hydrogens (tertiary/aromatic N) is 1. The van der Waals surface area contributed by atoms with Gasteiger partial charge in [-0.15, -0.1) is 0 Å². The summed E-state index contributed by atoms with van der Waals surface area (Å²) in [7, 11) is 0. The van der Waals surface area contributed by atoms with Crippen LogP contribution in [-0.4, -0.2) is 11.5 Å². The van der Waals surface area contributed by atoms with Crippen molar-refractivity contribution in [2.75, 3.05) is 6.54 Å². The standard InChI is InChI=1S/C16H20N2O/c1-12-4-3-5-14(10-12)11-19-16-7-6-13(2)18-15(16)8-9-17/h3-7,10H,8-9,11,17H2,1-2H3. The minimum Gasteiger partial charge on any atom is -0.487 e. The highest BCUT2D eigenvalue weighted by atomic mass is 16.5. The molecule has 1 aromatic carbocycles. The number of aryl methyl sites for hydroxylation is 2. The van der Waals surface area contributed by atoms with E-state index in [9.17, 15) is 0 Å². The number of hydrogen-bond donors (Lipinski definition) is 1. The van der Waals surface area contributed by atoms with Crippen LogP contribution < -0.4 is 10.5 Å². The van der Waals surface area contributed by atoms with Crippen molar-refractivity contribution in [3.63, 3.8) is 0 Å². The molecule has 2 rings (SSSR count). The van der Waals surface area contributed by atoms with Gasteiger partial charge in [0.25, 0.3) is 0 Å². The third-order valence-electron chi connectivity index (χ3n) is 2.93. The summed E-state index contributed by atoms with van der Waals surface area (Å²) in [5.74, 6) is 0.831. The largest absolute Gasteiger partial charge is 0.487 e. The first-order valence-electron chi connectivity index (χ1n) is 6.54. The van der Waals surface area contributed by atoms with E-state index in [1.54, 1.807) is 0 Å². The lowest BCUT2D eigenvalue weighted by Crippen LogP contribution is -2.08. The molecule has 0 spiro atoms. The number of nitrogens with two attached hydrogens (primary N) is 1. The molecule has 0 aliphatic rings. The van der Waals surface area contributed by atoms with Crippen LogP contribution in [0.5, 0.6) is 5.75 Å². The molecule has 2 N–H and O–H groups in total. The molecule has 0 fully saturated rings. The zero-order valence-corrected chi connectivity index (χ0v) is 11.5. The number of benzene rings is 1. The maximum Gasteiger partial charge on any atom is 0.141 e. The molecule has 19 heavy (non-hydrogen) atoms. The van der Waals surface area contributed by atoms with Gasteiger partial charge in [0, 0.05) is 12.1 Å². The Hall–Kier alpha value is -1.87. The van der Waals surface area contributed by atoms with Crippen molar-refractivity contribution >= 4 is 0 Å². The lowest BCUT2D eigenvalue weighted by atomic mass is 10.1. The number of ether oxygens (including phenoxy) is 1. The fourth-order valence-corrected chi connectivity index (χ4v) is 2.01. The molecule has 3 nitrogen and oxygen atoms in total. The molecule has 0 aliphatic carbocycles. The van der Waals surface area contributed by atoms with Crippen molar-refractivity contribution in [1.82, 2.24) is 4.98 Å². The summed E-state index contributed by atoms with van der Waals surface area (Å²) in [6, 6.07) is 12.3. The zero-order valence-electron chi connectivity index (χ0n) is 11.5. The predicted octanol–water partition coefficient (Wildman–Crippen LogP) is 2.78. The van der Waals surface area contributed by atoms with Gasteiger partial charge in [-0.1, -0.05) is 29.8 Å². The molecule has 1 heterocycles. The molecule has 0 bridgehead atoms. The average molecular weight is 256 g/mol. The van der Waals surface area contributed by atoms with Crippen molar-refractivity contribution in [1.29, 1.82) is 0 Å². The minimum atomic E-state index is 0.560. The smallest absolute Gasteiger partial charge is 0.141 e. The summed E-state index contributed by atoms with van der Waals surface area (Å²) < 4.78 is 5.87. The Kier molecular flexibility index (Phi) is 4.53. The van der Waals surface area contributed by atoms with Crippen molar-refractivity contribution in [3.05, 3.63) is 58.9 Å². The van der Waals surface area contributed by atoms with Crippen molar-refractivity contribution < 1.29 is 4.74 Å². The Morgan fingerprint density at radius 3 is 2.74 bits per heavy atom. The predicted molar refractivity (Wildman–Crippen MR) is 77.2 cm³/mol. The summed E-state index contributed by atoms with van der Waals surface area (Å²) in [6.45, 7) is 5.20. The molecule has 0 atom stereocenters. The van der Waals surface area contributed by atoms with E-state index in [1.807, 2.05) is 25.1 Å². The van der Waals surface area contributed by atoms with Gasteiger partial charge >= 0.3 is 0 Å². The summed E-state index contributed by atoms with van der Waals surface area (Å²) >= 11 is 0. The van der Waals surface area contributed by atoms with Gasteiger partial charge in [-0.25, -0.2) is 0 Å². The first-order chi connectivity index (χ1) is 9.19. The number of hydrogen-bond acceptors (Lipinski definition) is 3. The summed E-state index contributed by atoms with van der Waals surface area (Å²) in [5, 5.41) is 0. The van der Waals surface area contributed by atoms with Crippen molar-refractivity contribution in [2.45, 2.75) is 26.9 Å². The lowest BCUT2D eigenvalue weighted by molar-refractivity contribution is 0.301. The van der Waals surface area contributed by atoms with Gasteiger partial charge in [-0.2, -0.15) is 0 Å². The molecule has 0 unspecified atom stereocenters. The van der Waals surface area contributed by atoms with Crippen LogP contribution in [0.2, 0.25) is 0 Å². The maximum atomic E-state index is 5.87. The molecule has 0 radical (unpaired) electrons. The number of rotatable bonds is 5. The number of aromatic nitrogens is 1. The molecule has 0 saturated heterocycles. The lowest BCUT2D eigenvalue weighted by Gasteiger charge is -2.11. The van der Waals surface area contributed by atoms with Gasteiger partial charge in [-0.05, 0) is 38.1 Å². The normalized spacial score (nSPS) is 10.5. The van der Waals surface area contributed by atoms with Gasteiger partial charge < -0.3 is 10.5 Å². The van der Waals surface area contributed by atoms with E-state index >= 15 is 0 Å². The Morgan fingerprint density at radius 2 is 2.00 bits per heavy atom. The van der Waals surface area contributed by atoms with Gasteiger partial charge in [0.2, 0.25) is 0 Å². The van der Waals surface area contributed by atoms with Crippen LogP contribution in [-0.2, 0) is 13.0 Å². The fraction of sp³-hybridized carbons (Fsp3) is 0.312. The van der Waals surface area contributed by atoms with Crippen LogP contribution in [0.3, 0.4) is 0 Å². The van der Waals surface area contributed by atoms with Gasteiger partial charge in [0.1, 0.15) is 12.4 Å². The Morgan fingerprint density at radius 1 is 1.16 bits per heavy atom. The van der Waals surface area contributed by atoms with E-state index < -0.39 is 0 Å². The zero-order chi connectivity index (χ0) is 13.7.